The van der Waals surface area contributed by atoms with Gasteiger partial charge < -0.3 is 37.8 Å². The summed E-state index contributed by atoms with van der Waals surface area (Å²) in [4.78, 5) is 117. The van der Waals surface area contributed by atoms with Crippen molar-refractivity contribution >= 4 is 92.8 Å². The molecule has 8 aliphatic rings. The van der Waals surface area contributed by atoms with Gasteiger partial charge in [0.1, 0.15) is 25.3 Å². The predicted octanol–water partition coefficient (Wildman–Crippen LogP) is 3.90. The molecule has 6 aromatic rings. The molecule has 80 heavy (non-hydrogen) atoms. The largest absolute Gasteiger partial charge is 0.447 e. The minimum atomic E-state index is -1.79. The first-order valence-electron chi connectivity index (χ1n) is 25.5. The van der Waals surface area contributed by atoms with Crippen molar-refractivity contribution in [2.45, 2.75) is 89.1 Å². The van der Waals surface area contributed by atoms with E-state index in [9.17, 15) is 38.4 Å². The Morgan fingerprint density at radius 2 is 0.912 bits per heavy atom. The van der Waals surface area contributed by atoms with Crippen LogP contribution in [0, 0.1) is 22.5 Å². The monoisotopic (exact) mass is 1100 g/mol. The molecule has 10 amide bonds. The smallest absolute Gasteiger partial charge is 0.416 e. The van der Waals surface area contributed by atoms with E-state index in [0.29, 0.717) is 11.1 Å². The molecule has 0 aliphatic carbocycles. The summed E-state index contributed by atoms with van der Waals surface area (Å²) in [5.41, 5.74) is -1.54. The third-order valence-electron chi connectivity index (χ3n) is 16.3. The maximum absolute atomic E-state index is 16.4. The van der Waals surface area contributed by atoms with Crippen molar-refractivity contribution in [3.63, 3.8) is 0 Å². The highest BCUT2D eigenvalue weighted by Crippen LogP contribution is 2.53. The Bertz CT molecular complexity index is 3420. The number of nitrogens with one attached hydrogen (secondary N) is 4. The number of rotatable bonds is 4. The Morgan fingerprint density at radius 1 is 0.550 bits per heavy atom. The minimum absolute atomic E-state index is 0.0351. The van der Waals surface area contributed by atoms with Crippen LogP contribution in [0.5, 0.6) is 0 Å². The van der Waals surface area contributed by atoms with Gasteiger partial charge in [0.15, 0.2) is 34.1 Å². The molecular weight excluding hydrogens is 1050 g/mol. The zero-order valence-electron chi connectivity index (χ0n) is 42.7. The topological polar surface area (TPSA) is 312 Å². The molecule has 412 valence electrons. The molecule has 2 spiro atoms. The number of imide groups is 4. The van der Waals surface area contributed by atoms with E-state index in [1.165, 1.54) is 9.80 Å². The molecule has 6 fully saturated rings. The zero-order valence-corrected chi connectivity index (χ0v) is 42.7. The number of ether oxygens (including phenoxy) is 4. The number of nitrogens with zero attached hydrogens (tertiary/aromatic N) is 8. The van der Waals surface area contributed by atoms with Crippen molar-refractivity contribution in [3.05, 3.63) is 95.1 Å². The lowest BCUT2D eigenvalue weighted by Crippen LogP contribution is -2.75. The summed E-state index contributed by atoms with van der Waals surface area (Å²) in [6, 6.07) is 5.28. The first-order valence-corrected chi connectivity index (χ1v) is 25.5. The van der Waals surface area contributed by atoms with Crippen molar-refractivity contribution in [2.24, 2.45) is 10.8 Å². The van der Waals surface area contributed by atoms with Gasteiger partial charge in [-0.05, 0) is 86.3 Å². The van der Waals surface area contributed by atoms with E-state index < -0.39 is 107 Å². The minimum Gasteiger partial charge on any atom is -0.447 e. The second-order valence-corrected chi connectivity index (χ2v) is 20.9. The van der Waals surface area contributed by atoms with E-state index in [0.717, 1.165) is 11.1 Å². The summed E-state index contributed by atoms with van der Waals surface area (Å²) in [5, 5.41) is 17.3. The molecule has 2 aromatic carbocycles. The maximum atomic E-state index is 16.4. The molecule has 4 N–H and O–H groups in total. The number of hydrogen-bond acceptors (Lipinski definition) is 20. The summed E-state index contributed by atoms with van der Waals surface area (Å²) in [6.07, 6.45) is 2.45. The molecule has 4 aromatic heterocycles. The number of aromatic nitrogens is 4. The van der Waals surface area contributed by atoms with E-state index in [-0.39, 0.29) is 96.3 Å². The highest BCUT2D eigenvalue weighted by Gasteiger charge is 2.65. The summed E-state index contributed by atoms with van der Waals surface area (Å²) in [7, 11) is 0. The van der Waals surface area contributed by atoms with E-state index in [4.69, 9.17) is 28.0 Å². The van der Waals surface area contributed by atoms with Crippen molar-refractivity contribution < 1.29 is 75.1 Å². The third kappa shape index (κ3) is 7.26. The van der Waals surface area contributed by atoms with Gasteiger partial charge in [0.2, 0.25) is 34.8 Å². The summed E-state index contributed by atoms with van der Waals surface area (Å²) >= 11 is 0. The molecule has 14 rings (SSSR count). The quantitative estimate of drug-likeness (QED) is 0.182. The van der Waals surface area contributed by atoms with Crippen LogP contribution >= 0.6 is 0 Å². The Kier molecular flexibility index (Phi) is 11.4. The highest BCUT2D eigenvalue weighted by molar-refractivity contribution is 6.22. The number of amides is 10. The van der Waals surface area contributed by atoms with Crippen LogP contribution in [0.3, 0.4) is 0 Å². The molecule has 12 heterocycles. The molecule has 0 unspecified atom stereocenters. The van der Waals surface area contributed by atoms with Crippen molar-refractivity contribution in [2.75, 3.05) is 45.9 Å². The fraction of sp³-hybridized carbons (Fsp3) is 0.385. The third-order valence-corrected chi connectivity index (χ3v) is 16.3. The van der Waals surface area contributed by atoms with E-state index in [2.05, 4.69) is 41.5 Å². The van der Waals surface area contributed by atoms with Gasteiger partial charge in [-0.1, -0.05) is 10.3 Å². The first-order chi connectivity index (χ1) is 38.4. The van der Waals surface area contributed by atoms with Crippen LogP contribution in [0.4, 0.5) is 51.0 Å². The number of halogens is 2. The number of carbonyl (C=O) groups excluding carboxylic acids is 8. The van der Waals surface area contributed by atoms with Crippen LogP contribution in [-0.4, -0.2) is 131 Å². The summed E-state index contributed by atoms with van der Waals surface area (Å²) < 4.78 is 66.3. The van der Waals surface area contributed by atoms with Gasteiger partial charge >= 0.3 is 24.2 Å². The molecular formula is C52H46F2N12O14. The SMILES string of the molecule is C[C@@H]1CN2c3c(cc4c(N5C(=O)OC[C@@H]5c5ccncc5)noc4c3F)CC3(C(=O)NC(=O)NC3=O)[C@H]2[C@H](C)O1.C[C@@H]1CN2c3c(cc4c(N5C(=O)OC[C@H]5c5ccncc5)noc4c3F)CC3(C(=O)NC(=O)NC3=O)[C@H]2[C@H](C)O1. The van der Waals surface area contributed by atoms with Gasteiger partial charge in [0.05, 0.1) is 58.6 Å². The number of urea groups is 2. The highest BCUT2D eigenvalue weighted by atomic mass is 19.1. The van der Waals surface area contributed by atoms with Gasteiger partial charge in [0, 0.05) is 50.7 Å². The number of cyclic esters (lactones) is 2. The Hall–Kier alpha value is -9.18. The van der Waals surface area contributed by atoms with Crippen LogP contribution in [0.15, 0.2) is 70.2 Å². The van der Waals surface area contributed by atoms with Gasteiger partial charge in [-0.25, -0.2) is 37.8 Å². The molecule has 8 aliphatic heterocycles. The lowest BCUT2D eigenvalue weighted by Gasteiger charge is -2.55. The number of barbiturate groups is 2. The number of anilines is 4. The predicted molar refractivity (Wildman–Crippen MR) is 267 cm³/mol. The van der Waals surface area contributed by atoms with Gasteiger partial charge in [-0.3, -0.25) is 50.4 Å². The number of carbonyl (C=O) groups is 8. The molecule has 0 radical (unpaired) electrons. The molecule has 28 heteroatoms. The van der Waals surface area contributed by atoms with Crippen molar-refractivity contribution in [1.82, 2.24) is 41.5 Å². The maximum Gasteiger partial charge on any atom is 0.416 e. The number of hydrogen-bond donors (Lipinski definition) is 4. The lowest BCUT2D eigenvalue weighted by molar-refractivity contribution is -0.154. The van der Waals surface area contributed by atoms with Gasteiger partial charge in [0.25, 0.3) is 0 Å². The zero-order chi connectivity index (χ0) is 55.8. The van der Waals surface area contributed by atoms with E-state index >= 15 is 8.78 Å². The Labute approximate surface area is 449 Å². The average molecular weight is 1100 g/mol. The molecule has 0 bridgehead atoms. The molecule has 0 saturated carbocycles. The van der Waals surface area contributed by atoms with Crippen LogP contribution in [0.25, 0.3) is 21.9 Å². The first kappa shape index (κ1) is 50.3. The Morgan fingerprint density at radius 3 is 1.27 bits per heavy atom. The van der Waals surface area contributed by atoms with Crippen LogP contribution in [-0.2, 0) is 51.0 Å². The van der Waals surface area contributed by atoms with Gasteiger partial charge in [-0.2, -0.15) is 0 Å². The average Bonchev–Trinajstić information content (AvgIpc) is 4.37. The van der Waals surface area contributed by atoms with Crippen molar-refractivity contribution in [1.29, 1.82) is 0 Å². The number of benzene rings is 2. The molecule has 26 nitrogen and oxygen atoms in total. The summed E-state index contributed by atoms with van der Waals surface area (Å²) in [5.74, 6) is -4.58. The second-order valence-electron chi connectivity index (χ2n) is 20.9. The summed E-state index contributed by atoms with van der Waals surface area (Å²) in [6.45, 7) is 7.44. The fourth-order valence-electron chi connectivity index (χ4n) is 13.2. The van der Waals surface area contributed by atoms with Crippen LogP contribution < -0.4 is 40.9 Å². The van der Waals surface area contributed by atoms with Crippen molar-refractivity contribution in [3.8, 4) is 0 Å². The number of fused-ring (bicyclic) bond motifs is 10. The molecule has 8 atom stereocenters. The van der Waals surface area contributed by atoms with E-state index in [1.807, 2.05) is 0 Å². The lowest BCUT2D eigenvalue weighted by atomic mass is 9.66. The van der Waals surface area contributed by atoms with E-state index in [1.54, 1.807) is 98.7 Å². The normalized spacial score (nSPS) is 27.4. The van der Waals surface area contributed by atoms with Gasteiger partial charge in [-0.15, -0.1) is 0 Å². The number of pyridine rings is 2. The second kappa shape index (κ2) is 18.2. The standard InChI is InChI=1S/2C26H23FN6O7/c2*1-11-9-32-18-14(8-26(20(32)12(2)39-11)22(34)29-24(36)30-23(26)35)7-15-19(17(18)27)40-31-21(15)33-16(10-38-25(33)37)13-3-5-28-6-4-13/h2*3-7,11-12,16,20H,8-10H2,1-2H3,(H2,29,30,34,35,36)/t11-,12+,16+,20-;11-,12+,16-,20-/m11/s1. The Balaban J connectivity index is 0.000000151. The number of morpholine rings is 2. The molecule has 6 saturated heterocycles. The van der Waals surface area contributed by atoms with Crippen LogP contribution in [0.1, 0.15) is 62.0 Å². The van der Waals surface area contributed by atoms with Crippen LogP contribution in [0.2, 0.25) is 0 Å². The fourth-order valence-corrected chi connectivity index (χ4v) is 13.2.